The Bertz CT molecular complexity index is 1070. The number of halogens is 1. The predicted molar refractivity (Wildman–Crippen MR) is 116 cm³/mol. The monoisotopic (exact) mass is 424 g/mol. The fraction of sp³-hybridized carbons (Fsp3) is 0.391. The lowest BCUT2D eigenvalue weighted by atomic mass is 10.0. The minimum absolute atomic E-state index is 0.279. The van der Waals surface area contributed by atoms with Gasteiger partial charge in [0.1, 0.15) is 11.6 Å². The first kappa shape index (κ1) is 20.1. The number of piperidine rings is 1. The maximum atomic E-state index is 14.1. The van der Waals surface area contributed by atoms with Crippen molar-refractivity contribution >= 4 is 16.7 Å². The smallest absolute Gasteiger partial charge is 0.176 e. The number of rotatable bonds is 4. The van der Waals surface area contributed by atoms with Crippen molar-refractivity contribution in [3.63, 3.8) is 0 Å². The van der Waals surface area contributed by atoms with E-state index >= 15 is 0 Å². The van der Waals surface area contributed by atoms with Crippen LogP contribution < -0.4 is 9.79 Å². The van der Waals surface area contributed by atoms with E-state index in [4.69, 9.17) is 9.72 Å². The minimum Gasteiger partial charge on any atom is -0.379 e. The molecule has 3 heterocycles. The number of hydrogen-bond donors (Lipinski definition) is 1. The molecule has 162 valence electrons. The lowest BCUT2D eigenvalue weighted by Gasteiger charge is -2.40. The van der Waals surface area contributed by atoms with Crippen LogP contribution in [0.15, 0.2) is 42.5 Å². The summed E-state index contributed by atoms with van der Waals surface area (Å²) in [6, 6.07) is 12.2. The SMILES string of the molecule is OOc1ccccc1-c1nc(N2CCC(N3CCOCC3)CC2)c2cc(F)ccc2n1. The van der Waals surface area contributed by atoms with Gasteiger partial charge in [-0.05, 0) is 43.2 Å². The van der Waals surface area contributed by atoms with Gasteiger partial charge in [0, 0.05) is 37.6 Å². The van der Waals surface area contributed by atoms with Crippen LogP contribution in [0.25, 0.3) is 22.3 Å². The number of aromatic nitrogens is 2. The number of para-hydroxylation sites is 1. The number of nitrogens with zero attached hydrogens (tertiary/aromatic N) is 4. The van der Waals surface area contributed by atoms with E-state index in [0.717, 1.165) is 52.2 Å². The molecular formula is C23H25FN4O3. The van der Waals surface area contributed by atoms with Gasteiger partial charge in [-0.25, -0.2) is 19.6 Å². The summed E-state index contributed by atoms with van der Waals surface area (Å²) in [6.07, 6.45) is 2.04. The molecule has 8 heteroatoms. The summed E-state index contributed by atoms with van der Waals surface area (Å²) in [6.45, 7) is 5.23. The molecule has 2 saturated heterocycles. The van der Waals surface area contributed by atoms with Crippen molar-refractivity contribution in [2.75, 3.05) is 44.3 Å². The van der Waals surface area contributed by atoms with Crippen molar-refractivity contribution < 1.29 is 19.3 Å². The molecule has 0 aliphatic carbocycles. The topological polar surface area (TPSA) is 71.0 Å². The van der Waals surface area contributed by atoms with Gasteiger partial charge in [0.2, 0.25) is 0 Å². The average Bonchev–Trinajstić information content (AvgIpc) is 2.84. The Morgan fingerprint density at radius 3 is 2.55 bits per heavy atom. The quantitative estimate of drug-likeness (QED) is 0.507. The molecule has 1 aromatic heterocycles. The molecule has 0 unspecified atom stereocenters. The van der Waals surface area contributed by atoms with Crippen LogP contribution in [0, 0.1) is 5.82 Å². The molecule has 2 aliphatic heterocycles. The lowest BCUT2D eigenvalue weighted by Crippen LogP contribution is -2.49. The van der Waals surface area contributed by atoms with Crippen LogP contribution in [0.5, 0.6) is 5.75 Å². The van der Waals surface area contributed by atoms with E-state index in [9.17, 15) is 9.65 Å². The van der Waals surface area contributed by atoms with Crippen molar-refractivity contribution in [1.29, 1.82) is 0 Å². The maximum Gasteiger partial charge on any atom is 0.176 e. The summed E-state index contributed by atoms with van der Waals surface area (Å²) in [4.78, 5) is 18.7. The standard InChI is InChI=1S/C23H25FN4O3/c24-16-5-6-20-19(15-16)23(26-22(25-20)18-3-1-2-4-21(18)31-29)28-9-7-17(8-10-28)27-11-13-30-14-12-27/h1-6,15,17,29H,7-14H2. The molecule has 0 amide bonds. The first-order valence-electron chi connectivity index (χ1n) is 10.7. The number of hydrogen-bond acceptors (Lipinski definition) is 7. The largest absolute Gasteiger partial charge is 0.379 e. The van der Waals surface area contributed by atoms with Gasteiger partial charge in [0.05, 0.1) is 24.3 Å². The number of morpholine rings is 1. The van der Waals surface area contributed by atoms with E-state index in [2.05, 4.69) is 19.7 Å². The van der Waals surface area contributed by atoms with Gasteiger partial charge >= 0.3 is 0 Å². The first-order chi connectivity index (χ1) is 15.2. The van der Waals surface area contributed by atoms with Gasteiger partial charge in [0.15, 0.2) is 11.6 Å². The van der Waals surface area contributed by atoms with Gasteiger partial charge in [-0.2, -0.15) is 0 Å². The van der Waals surface area contributed by atoms with Crippen LogP contribution in [0.1, 0.15) is 12.8 Å². The Kier molecular flexibility index (Phi) is 5.67. The zero-order valence-corrected chi connectivity index (χ0v) is 17.2. The van der Waals surface area contributed by atoms with Gasteiger partial charge < -0.3 is 14.5 Å². The molecule has 7 nitrogen and oxygen atoms in total. The van der Waals surface area contributed by atoms with E-state index in [1.54, 1.807) is 24.3 Å². The van der Waals surface area contributed by atoms with Gasteiger partial charge in [0.25, 0.3) is 0 Å². The number of benzene rings is 2. The molecule has 3 aromatic rings. The van der Waals surface area contributed by atoms with Crippen LogP contribution in [0.2, 0.25) is 0 Å². The van der Waals surface area contributed by atoms with Crippen LogP contribution >= 0.6 is 0 Å². The van der Waals surface area contributed by atoms with E-state index in [0.29, 0.717) is 34.2 Å². The third-order valence-corrected chi connectivity index (χ3v) is 6.19. The second-order valence-corrected chi connectivity index (χ2v) is 7.99. The molecule has 31 heavy (non-hydrogen) atoms. The zero-order chi connectivity index (χ0) is 21.2. The molecule has 2 aromatic carbocycles. The zero-order valence-electron chi connectivity index (χ0n) is 17.2. The van der Waals surface area contributed by atoms with Crippen LogP contribution in [0.4, 0.5) is 10.2 Å². The van der Waals surface area contributed by atoms with Crippen molar-refractivity contribution in [2.45, 2.75) is 18.9 Å². The van der Waals surface area contributed by atoms with Crippen molar-refractivity contribution in [2.24, 2.45) is 0 Å². The molecule has 0 atom stereocenters. The summed E-state index contributed by atoms with van der Waals surface area (Å²) < 4.78 is 19.6. The van der Waals surface area contributed by atoms with Gasteiger partial charge in [-0.1, -0.05) is 12.1 Å². The Labute approximate surface area is 180 Å². The van der Waals surface area contributed by atoms with Crippen molar-refractivity contribution in [3.8, 4) is 17.1 Å². The lowest BCUT2D eigenvalue weighted by molar-refractivity contribution is -0.137. The maximum absolute atomic E-state index is 14.1. The third kappa shape index (κ3) is 4.06. The normalized spacial score (nSPS) is 18.5. The molecule has 0 radical (unpaired) electrons. The highest BCUT2D eigenvalue weighted by molar-refractivity contribution is 5.91. The third-order valence-electron chi connectivity index (χ3n) is 6.19. The fourth-order valence-electron chi connectivity index (χ4n) is 4.56. The summed E-state index contributed by atoms with van der Waals surface area (Å²) in [5.41, 5.74) is 1.24. The van der Waals surface area contributed by atoms with Gasteiger partial charge in [-0.3, -0.25) is 4.90 Å². The Morgan fingerprint density at radius 1 is 1.00 bits per heavy atom. The summed E-state index contributed by atoms with van der Waals surface area (Å²) in [5.74, 6) is 1.12. The van der Waals surface area contributed by atoms with Crippen LogP contribution in [-0.4, -0.2) is 65.6 Å². The van der Waals surface area contributed by atoms with Crippen LogP contribution in [-0.2, 0) is 4.74 Å². The Balaban J connectivity index is 1.49. The number of anilines is 1. The summed E-state index contributed by atoms with van der Waals surface area (Å²) in [5, 5.41) is 9.96. The first-order valence-corrected chi connectivity index (χ1v) is 10.7. The second-order valence-electron chi connectivity index (χ2n) is 7.99. The molecule has 0 saturated carbocycles. The second kappa shape index (κ2) is 8.74. The summed E-state index contributed by atoms with van der Waals surface area (Å²) in [7, 11) is 0. The highest BCUT2D eigenvalue weighted by Crippen LogP contribution is 2.33. The fourth-order valence-corrected chi connectivity index (χ4v) is 4.56. The van der Waals surface area contributed by atoms with Crippen molar-refractivity contribution in [3.05, 3.63) is 48.3 Å². The van der Waals surface area contributed by atoms with E-state index in [1.165, 1.54) is 12.1 Å². The van der Waals surface area contributed by atoms with Gasteiger partial charge in [-0.15, -0.1) is 0 Å². The van der Waals surface area contributed by atoms with Crippen LogP contribution in [0.3, 0.4) is 0 Å². The highest BCUT2D eigenvalue weighted by Gasteiger charge is 2.28. The molecule has 2 fully saturated rings. The number of ether oxygens (including phenoxy) is 1. The molecule has 0 bridgehead atoms. The van der Waals surface area contributed by atoms with E-state index in [-0.39, 0.29) is 11.6 Å². The predicted octanol–water partition coefficient (Wildman–Crippen LogP) is 3.59. The Hall–Kier alpha value is -2.81. The van der Waals surface area contributed by atoms with Crippen molar-refractivity contribution in [1.82, 2.24) is 14.9 Å². The summed E-state index contributed by atoms with van der Waals surface area (Å²) >= 11 is 0. The molecule has 1 N–H and O–H groups in total. The number of fused-ring (bicyclic) bond motifs is 1. The average molecular weight is 424 g/mol. The molecule has 0 spiro atoms. The highest BCUT2D eigenvalue weighted by atomic mass is 19.1. The minimum atomic E-state index is -0.313. The van der Waals surface area contributed by atoms with E-state index < -0.39 is 0 Å². The Morgan fingerprint density at radius 2 is 1.77 bits per heavy atom. The molecular weight excluding hydrogens is 399 g/mol. The molecule has 2 aliphatic rings. The molecule has 5 rings (SSSR count). The van der Waals surface area contributed by atoms with E-state index in [1.807, 2.05) is 6.07 Å².